The lowest BCUT2D eigenvalue weighted by Crippen LogP contribution is -2.45. The molecule has 0 radical (unpaired) electrons. The number of imide groups is 1. The summed E-state index contributed by atoms with van der Waals surface area (Å²) in [4.78, 5) is 39.7. The SMILES string of the molecule is O=C1C2N=NN(CC(=O)N3N=C(c4ccc(Br)cc4)CC3c3ccccc3)C2C(=O)N1c1c(F)c(F)cc(F)c1F. The quantitative estimate of drug-likeness (QED) is 0.233. The van der Waals surface area contributed by atoms with Crippen molar-refractivity contribution >= 4 is 45.1 Å². The highest BCUT2D eigenvalue weighted by molar-refractivity contribution is 9.10. The Morgan fingerprint density at radius 1 is 0.927 bits per heavy atom. The summed E-state index contributed by atoms with van der Waals surface area (Å²) in [5, 5.41) is 14.2. The van der Waals surface area contributed by atoms with Gasteiger partial charge in [0.1, 0.15) is 12.2 Å². The highest BCUT2D eigenvalue weighted by Crippen LogP contribution is 2.37. The molecule has 0 aliphatic carbocycles. The average Bonchev–Trinajstić information content (AvgIpc) is 3.65. The van der Waals surface area contributed by atoms with E-state index in [0.29, 0.717) is 12.1 Å². The molecule has 3 aliphatic rings. The van der Waals surface area contributed by atoms with Gasteiger partial charge in [0.05, 0.1) is 11.8 Å². The third-order valence-electron chi connectivity index (χ3n) is 7.00. The van der Waals surface area contributed by atoms with E-state index >= 15 is 0 Å². The Bertz CT molecular complexity index is 1630. The summed E-state index contributed by atoms with van der Waals surface area (Å²) in [6.45, 7) is -0.569. The van der Waals surface area contributed by atoms with E-state index in [1.807, 2.05) is 54.6 Å². The lowest BCUT2D eigenvalue weighted by atomic mass is 9.98. The topological polar surface area (TPSA) is 98.0 Å². The third kappa shape index (κ3) is 4.47. The Kier molecular flexibility index (Phi) is 6.64. The summed E-state index contributed by atoms with van der Waals surface area (Å²) >= 11 is 3.39. The first-order chi connectivity index (χ1) is 19.7. The van der Waals surface area contributed by atoms with Gasteiger partial charge in [0.2, 0.25) is 0 Å². The zero-order valence-corrected chi connectivity index (χ0v) is 22.3. The number of benzene rings is 3. The fourth-order valence-corrected chi connectivity index (χ4v) is 5.30. The molecule has 3 heterocycles. The molecule has 3 amide bonds. The number of amides is 3. The molecular weight excluding hydrogens is 612 g/mol. The van der Waals surface area contributed by atoms with Crippen LogP contribution in [0.25, 0.3) is 0 Å². The van der Waals surface area contributed by atoms with Gasteiger partial charge in [-0.3, -0.25) is 19.4 Å². The van der Waals surface area contributed by atoms with Crippen LogP contribution in [0.5, 0.6) is 0 Å². The minimum Gasteiger partial charge on any atom is -0.271 e. The maximum Gasteiger partial charge on any atom is 0.264 e. The van der Waals surface area contributed by atoms with Gasteiger partial charge in [-0.25, -0.2) is 27.5 Å². The number of fused-ring (bicyclic) bond motifs is 1. The second-order valence-corrected chi connectivity index (χ2v) is 10.4. The van der Waals surface area contributed by atoms with E-state index in [1.54, 1.807) is 0 Å². The van der Waals surface area contributed by atoms with Crippen LogP contribution in [0.3, 0.4) is 0 Å². The van der Waals surface area contributed by atoms with Gasteiger partial charge in [0, 0.05) is 17.0 Å². The molecular formula is C27H17BrF4N6O3. The van der Waals surface area contributed by atoms with Crippen molar-refractivity contribution in [2.24, 2.45) is 15.4 Å². The van der Waals surface area contributed by atoms with Crippen molar-refractivity contribution in [1.29, 1.82) is 0 Å². The van der Waals surface area contributed by atoms with E-state index in [9.17, 15) is 31.9 Å². The maximum absolute atomic E-state index is 14.5. The largest absolute Gasteiger partial charge is 0.271 e. The molecule has 6 rings (SSSR count). The van der Waals surface area contributed by atoms with Crippen LogP contribution in [0.1, 0.15) is 23.6 Å². The van der Waals surface area contributed by atoms with Crippen molar-refractivity contribution in [1.82, 2.24) is 10.0 Å². The fourth-order valence-electron chi connectivity index (χ4n) is 5.03. The van der Waals surface area contributed by atoms with Crippen LogP contribution in [0.4, 0.5) is 23.2 Å². The van der Waals surface area contributed by atoms with E-state index in [4.69, 9.17) is 0 Å². The molecule has 9 nitrogen and oxygen atoms in total. The van der Waals surface area contributed by atoms with Gasteiger partial charge >= 0.3 is 0 Å². The second-order valence-electron chi connectivity index (χ2n) is 9.44. The smallest absolute Gasteiger partial charge is 0.264 e. The molecule has 3 aliphatic heterocycles. The summed E-state index contributed by atoms with van der Waals surface area (Å²) in [6.07, 6.45) is 0.389. The number of anilines is 1. The van der Waals surface area contributed by atoms with Crippen molar-refractivity contribution < 1.29 is 31.9 Å². The lowest BCUT2D eigenvalue weighted by molar-refractivity contribution is -0.135. The van der Waals surface area contributed by atoms with E-state index in [2.05, 4.69) is 31.4 Å². The Morgan fingerprint density at radius 3 is 2.24 bits per heavy atom. The normalized spacial score (nSPS) is 21.6. The Balaban J connectivity index is 1.28. The predicted molar refractivity (Wildman–Crippen MR) is 139 cm³/mol. The van der Waals surface area contributed by atoms with Crippen LogP contribution in [0.15, 0.2) is 80.6 Å². The molecule has 0 aromatic heterocycles. The first-order valence-corrected chi connectivity index (χ1v) is 13.0. The monoisotopic (exact) mass is 628 g/mol. The number of carbonyl (C=O) groups is 3. The van der Waals surface area contributed by atoms with Crippen molar-refractivity contribution in [2.45, 2.75) is 24.5 Å². The highest BCUT2D eigenvalue weighted by Gasteiger charge is 2.57. The van der Waals surface area contributed by atoms with Crippen LogP contribution < -0.4 is 4.90 Å². The zero-order valence-electron chi connectivity index (χ0n) is 20.7. The molecule has 0 N–H and O–H groups in total. The molecule has 0 bridgehead atoms. The van der Waals surface area contributed by atoms with Gasteiger partial charge in [0.15, 0.2) is 35.4 Å². The molecule has 41 heavy (non-hydrogen) atoms. The number of hydrogen-bond acceptors (Lipinski definition) is 7. The minimum atomic E-state index is -1.91. The number of hydrogen-bond donors (Lipinski definition) is 0. The Morgan fingerprint density at radius 2 is 1.59 bits per heavy atom. The molecule has 0 saturated carbocycles. The highest BCUT2D eigenvalue weighted by atomic mass is 79.9. The first-order valence-electron chi connectivity index (χ1n) is 12.2. The molecule has 14 heteroatoms. The number of carbonyl (C=O) groups excluding carboxylic acids is 3. The molecule has 208 valence electrons. The third-order valence-corrected chi connectivity index (χ3v) is 7.52. The van der Waals surface area contributed by atoms with Gasteiger partial charge in [0.25, 0.3) is 17.7 Å². The number of rotatable bonds is 5. The van der Waals surface area contributed by atoms with Gasteiger partial charge < -0.3 is 0 Å². The molecule has 1 saturated heterocycles. The Hall–Kier alpha value is -4.46. The molecule has 3 atom stereocenters. The summed E-state index contributed by atoms with van der Waals surface area (Å²) in [6, 6.07) is 12.9. The number of nitrogens with zero attached hydrogens (tertiary/aromatic N) is 6. The predicted octanol–water partition coefficient (Wildman–Crippen LogP) is 4.68. The van der Waals surface area contributed by atoms with E-state index in [0.717, 1.165) is 20.6 Å². The van der Waals surface area contributed by atoms with Crippen molar-refractivity contribution in [3.05, 3.63) is 99.5 Å². The standard InChI is InChI=1S/C27H17BrF4N6O3/c28-15-8-6-13(7-9-15)18-11-19(14-4-2-1-3-5-14)38(34-18)20(39)12-36-25-23(33-35-36)26(40)37(27(25)41)24-21(31)16(29)10-17(30)22(24)32/h1-10,19,23,25H,11-12H2. The van der Waals surface area contributed by atoms with Crippen LogP contribution in [-0.2, 0) is 14.4 Å². The molecule has 3 aromatic carbocycles. The second kappa shape index (κ2) is 10.2. The van der Waals surface area contributed by atoms with E-state index in [-0.39, 0.29) is 11.0 Å². The molecule has 3 aromatic rings. The number of halogens is 5. The van der Waals surface area contributed by atoms with Gasteiger partial charge in [-0.05, 0) is 23.3 Å². The zero-order chi connectivity index (χ0) is 29.0. The van der Waals surface area contributed by atoms with Crippen LogP contribution in [0.2, 0.25) is 0 Å². The Labute approximate surface area is 237 Å². The first kappa shape index (κ1) is 26.7. The maximum atomic E-state index is 14.5. The van der Waals surface area contributed by atoms with E-state index < -0.39 is 71.3 Å². The van der Waals surface area contributed by atoms with Crippen LogP contribution in [0, 0.1) is 23.3 Å². The van der Waals surface area contributed by atoms with Crippen molar-refractivity contribution in [3.8, 4) is 0 Å². The van der Waals surface area contributed by atoms with Crippen LogP contribution in [-0.4, -0.2) is 52.1 Å². The summed E-state index contributed by atoms with van der Waals surface area (Å²) < 4.78 is 57.5. The van der Waals surface area contributed by atoms with Gasteiger partial charge in [-0.2, -0.15) is 10.2 Å². The summed E-state index contributed by atoms with van der Waals surface area (Å²) in [7, 11) is 0. The molecule has 0 spiro atoms. The van der Waals surface area contributed by atoms with Crippen LogP contribution >= 0.6 is 15.9 Å². The minimum absolute atomic E-state index is 0.00817. The average molecular weight is 629 g/mol. The van der Waals surface area contributed by atoms with Crippen molar-refractivity contribution in [3.63, 3.8) is 0 Å². The lowest BCUT2D eigenvalue weighted by Gasteiger charge is -2.25. The molecule has 3 unspecified atom stereocenters. The fraction of sp³-hybridized carbons (Fsp3) is 0.185. The number of hydrazone groups is 1. The van der Waals surface area contributed by atoms with Gasteiger partial charge in [-0.1, -0.05) is 63.6 Å². The summed E-state index contributed by atoms with van der Waals surface area (Å²) in [5.74, 6) is -10.5. The molecule has 1 fully saturated rings. The van der Waals surface area contributed by atoms with E-state index in [1.165, 1.54) is 5.01 Å². The van der Waals surface area contributed by atoms with Gasteiger partial charge in [-0.15, -0.1) is 0 Å². The van der Waals surface area contributed by atoms with Crippen molar-refractivity contribution in [2.75, 3.05) is 11.4 Å². The summed E-state index contributed by atoms with van der Waals surface area (Å²) in [5.41, 5.74) is 0.748.